The van der Waals surface area contributed by atoms with Crippen LogP contribution >= 0.6 is 0 Å². The first-order chi connectivity index (χ1) is 22.3. The highest BCUT2D eigenvalue weighted by Gasteiger charge is 2.54. The Morgan fingerprint density at radius 1 is 0.939 bits per heavy atom. The molecular formula is C27H60B2N8O10S2. The number of hydrogen-bond donors (Lipinski definition) is 9. The molecule has 0 radical (unpaired) electrons. The molecule has 2 unspecified atom stereocenters. The summed E-state index contributed by atoms with van der Waals surface area (Å²) in [5.74, 6) is -2.48. The summed E-state index contributed by atoms with van der Waals surface area (Å²) in [6, 6.07) is -0.775. The Bertz CT molecular complexity index is 1310. The van der Waals surface area contributed by atoms with Gasteiger partial charge in [-0.3, -0.25) is 4.79 Å². The molecule has 2 aliphatic rings. The van der Waals surface area contributed by atoms with Crippen molar-refractivity contribution in [1.29, 1.82) is 0 Å². The Morgan fingerprint density at radius 2 is 1.43 bits per heavy atom. The standard InChI is InChI=1S/C27H60B2N8O10S2/c1-20(2)37(14-21(3)30)49(46,47)35-15-22(8-6-12-28(40)41)26(32,18-35)11-10-25(4,31)17-34(5)48(44,45)36-16-23(9-7-13-29(42)43)27(33,19-36)24(38)39/h20-23,40-43H,6-19,30-33H2,1-5H3,(H,38,39)/t21?,22-,23-,25?,26-,27-/m0/s1. The van der Waals surface area contributed by atoms with Crippen LogP contribution in [0.2, 0.25) is 12.6 Å². The second-order valence-electron chi connectivity index (χ2n) is 14.9. The van der Waals surface area contributed by atoms with E-state index in [-0.39, 0.29) is 83.0 Å². The number of carboxylic acids is 1. The first kappa shape index (κ1) is 44.2. The number of carbonyl (C=O) groups is 1. The molecule has 22 heteroatoms. The van der Waals surface area contributed by atoms with E-state index < -0.39 is 75.7 Å². The Labute approximate surface area is 292 Å². The highest BCUT2D eigenvalue weighted by atomic mass is 32.2. The van der Waals surface area contributed by atoms with Crippen LogP contribution in [0, 0.1) is 11.8 Å². The van der Waals surface area contributed by atoms with Crippen LogP contribution in [0.25, 0.3) is 0 Å². The van der Waals surface area contributed by atoms with E-state index in [4.69, 9.17) is 33.0 Å². The summed E-state index contributed by atoms with van der Waals surface area (Å²) >= 11 is 0. The second-order valence-corrected chi connectivity index (χ2v) is 18.9. The number of carboxylic acid groups (broad SMARTS) is 1. The smallest absolute Gasteiger partial charge is 0.451 e. The van der Waals surface area contributed by atoms with E-state index in [2.05, 4.69) is 0 Å². The predicted octanol–water partition coefficient (Wildman–Crippen LogP) is -3.19. The minimum Gasteiger partial charge on any atom is -0.480 e. The van der Waals surface area contributed by atoms with Crippen LogP contribution in [-0.4, -0.2) is 154 Å². The van der Waals surface area contributed by atoms with Crippen LogP contribution in [0.15, 0.2) is 0 Å². The molecule has 0 saturated carbocycles. The second kappa shape index (κ2) is 17.2. The maximum absolute atomic E-state index is 13.8. The van der Waals surface area contributed by atoms with E-state index in [1.165, 1.54) is 15.7 Å². The normalized spacial score (nSPS) is 27.7. The van der Waals surface area contributed by atoms with Gasteiger partial charge in [0.1, 0.15) is 5.54 Å². The zero-order chi connectivity index (χ0) is 37.8. The van der Waals surface area contributed by atoms with Crippen molar-refractivity contribution in [2.45, 2.75) is 108 Å². The van der Waals surface area contributed by atoms with Gasteiger partial charge in [0.2, 0.25) is 0 Å². The van der Waals surface area contributed by atoms with E-state index in [0.29, 0.717) is 12.8 Å². The Balaban J connectivity index is 2.22. The van der Waals surface area contributed by atoms with Gasteiger partial charge in [-0.05, 0) is 71.9 Å². The molecule has 0 amide bonds. The number of nitrogens with two attached hydrogens (primary N) is 4. The molecule has 2 aliphatic heterocycles. The fraction of sp³-hybridized carbons (Fsp3) is 0.963. The minimum absolute atomic E-state index is 0.0101. The first-order valence-electron chi connectivity index (χ1n) is 16.8. The van der Waals surface area contributed by atoms with Gasteiger partial charge in [-0.2, -0.15) is 34.1 Å². The van der Waals surface area contributed by atoms with Crippen molar-refractivity contribution in [3.63, 3.8) is 0 Å². The van der Waals surface area contributed by atoms with Crippen molar-refractivity contribution in [3.8, 4) is 0 Å². The van der Waals surface area contributed by atoms with Crippen molar-refractivity contribution in [2.75, 3.05) is 46.3 Å². The monoisotopic (exact) mass is 742 g/mol. The molecule has 0 spiro atoms. The molecule has 0 aliphatic carbocycles. The topological polar surface area (TPSA) is 304 Å². The van der Waals surface area contributed by atoms with Gasteiger partial charge < -0.3 is 48.1 Å². The van der Waals surface area contributed by atoms with Gasteiger partial charge in [0.15, 0.2) is 0 Å². The van der Waals surface area contributed by atoms with Gasteiger partial charge >= 0.3 is 20.2 Å². The van der Waals surface area contributed by atoms with Gasteiger partial charge in [0, 0.05) is 75.4 Å². The lowest BCUT2D eigenvalue weighted by Gasteiger charge is -2.37. The van der Waals surface area contributed by atoms with Crippen LogP contribution < -0.4 is 22.9 Å². The molecular weight excluding hydrogens is 682 g/mol. The average Bonchev–Trinajstić information content (AvgIpc) is 3.48. The summed E-state index contributed by atoms with van der Waals surface area (Å²) < 4.78 is 59.6. The summed E-state index contributed by atoms with van der Waals surface area (Å²) in [4.78, 5) is 12.1. The third kappa shape index (κ3) is 11.5. The largest absolute Gasteiger partial charge is 0.480 e. The molecule has 6 atom stereocenters. The number of rotatable bonds is 21. The number of nitrogens with zero attached hydrogens (tertiary/aromatic N) is 4. The zero-order valence-corrected chi connectivity index (χ0v) is 31.2. The first-order valence-corrected chi connectivity index (χ1v) is 19.6. The van der Waals surface area contributed by atoms with Crippen molar-refractivity contribution in [2.24, 2.45) is 34.8 Å². The van der Waals surface area contributed by atoms with E-state index in [9.17, 15) is 36.8 Å². The number of likely N-dealkylation sites (N-methyl/N-ethyl adjacent to an activating group) is 1. The third-order valence-corrected chi connectivity index (χ3v) is 13.8. The summed E-state index contributed by atoms with van der Waals surface area (Å²) in [5, 5.41) is 47.0. The van der Waals surface area contributed by atoms with Gasteiger partial charge in [0.25, 0.3) is 20.4 Å². The lowest BCUT2D eigenvalue weighted by Crippen LogP contribution is -2.56. The summed E-state index contributed by atoms with van der Waals surface area (Å²) in [6.45, 7) is 6.27. The average molecular weight is 743 g/mol. The van der Waals surface area contributed by atoms with Crippen LogP contribution in [0.4, 0.5) is 0 Å². The van der Waals surface area contributed by atoms with Crippen molar-refractivity contribution >= 4 is 40.6 Å². The van der Waals surface area contributed by atoms with Gasteiger partial charge in [0.05, 0.1) is 0 Å². The fourth-order valence-electron chi connectivity index (χ4n) is 6.93. The third-order valence-electron chi connectivity index (χ3n) is 9.86. The molecule has 2 rings (SSSR count). The maximum Gasteiger partial charge on any atom is 0.451 e. The quantitative estimate of drug-likeness (QED) is 0.0524. The summed E-state index contributed by atoms with van der Waals surface area (Å²) in [7, 11) is -9.95. The molecule has 0 aromatic rings. The molecule has 49 heavy (non-hydrogen) atoms. The van der Waals surface area contributed by atoms with Gasteiger partial charge in [-0.1, -0.05) is 12.8 Å². The van der Waals surface area contributed by atoms with Crippen LogP contribution in [0.3, 0.4) is 0 Å². The molecule has 0 aromatic carbocycles. The molecule has 18 nitrogen and oxygen atoms in total. The van der Waals surface area contributed by atoms with Crippen molar-refractivity contribution in [3.05, 3.63) is 0 Å². The predicted molar refractivity (Wildman–Crippen MR) is 188 cm³/mol. The maximum atomic E-state index is 13.8. The molecule has 286 valence electrons. The van der Waals surface area contributed by atoms with Gasteiger partial charge in [-0.15, -0.1) is 0 Å². The van der Waals surface area contributed by atoms with E-state index >= 15 is 0 Å². The highest BCUT2D eigenvalue weighted by molar-refractivity contribution is 7.87. The zero-order valence-electron chi connectivity index (χ0n) is 29.6. The van der Waals surface area contributed by atoms with Crippen LogP contribution in [0.5, 0.6) is 0 Å². The lowest BCUT2D eigenvalue weighted by molar-refractivity contribution is -0.144. The number of aliphatic carboxylic acids is 1. The molecule has 0 aromatic heterocycles. The molecule has 0 bridgehead atoms. The van der Waals surface area contributed by atoms with Crippen LogP contribution in [-0.2, 0) is 25.2 Å². The van der Waals surface area contributed by atoms with Gasteiger partial charge in [-0.25, -0.2) is 0 Å². The lowest BCUT2D eigenvalue weighted by atomic mass is 9.75. The van der Waals surface area contributed by atoms with E-state index in [1.807, 2.05) is 0 Å². The Morgan fingerprint density at radius 3 is 1.90 bits per heavy atom. The van der Waals surface area contributed by atoms with Crippen molar-refractivity contribution < 1.29 is 46.8 Å². The Kier molecular flexibility index (Phi) is 15.5. The molecule has 13 N–H and O–H groups in total. The Hall–Kier alpha value is -0.980. The van der Waals surface area contributed by atoms with Crippen LogP contribution in [0.1, 0.15) is 66.2 Å². The van der Waals surface area contributed by atoms with E-state index in [0.717, 1.165) is 8.61 Å². The highest BCUT2D eigenvalue weighted by Crippen LogP contribution is 2.38. The number of hydrogen-bond acceptors (Lipinski definition) is 13. The minimum atomic E-state index is -4.23. The summed E-state index contributed by atoms with van der Waals surface area (Å²) in [5.41, 5.74) is 21.7. The molecule has 2 saturated heterocycles. The van der Waals surface area contributed by atoms with Crippen molar-refractivity contribution in [1.82, 2.24) is 17.2 Å². The molecule has 2 heterocycles. The van der Waals surface area contributed by atoms with E-state index in [1.54, 1.807) is 27.7 Å². The summed E-state index contributed by atoms with van der Waals surface area (Å²) in [6.07, 6.45) is 1.73. The molecule has 2 fully saturated rings. The fourth-order valence-corrected chi connectivity index (χ4v) is 10.6. The SMILES string of the molecule is CC(N)CN(C(C)C)S(=O)(=O)N1C[C@H](CCCB(O)O)[C@](N)(CCC(C)(N)CN(C)S(=O)(=O)N2C[C@H](CCCB(O)O)[C@](N)(C(=O)O)C2)C1.